The summed E-state index contributed by atoms with van der Waals surface area (Å²) >= 11 is 0. The summed E-state index contributed by atoms with van der Waals surface area (Å²) in [5.74, 6) is 1.00. The van der Waals surface area contributed by atoms with E-state index in [4.69, 9.17) is 10.5 Å². The quantitative estimate of drug-likeness (QED) is 0.857. The van der Waals surface area contributed by atoms with Gasteiger partial charge >= 0.3 is 0 Å². The fourth-order valence-corrected chi connectivity index (χ4v) is 3.50. The van der Waals surface area contributed by atoms with Crippen LogP contribution < -0.4 is 10.5 Å². The highest BCUT2D eigenvalue weighted by Gasteiger charge is 2.43. The van der Waals surface area contributed by atoms with E-state index in [1.807, 2.05) is 18.2 Å². The highest BCUT2D eigenvalue weighted by molar-refractivity contribution is 5.37. The van der Waals surface area contributed by atoms with Crippen LogP contribution in [-0.4, -0.2) is 23.9 Å². The maximum Gasteiger partial charge on any atom is 0.123 e. The zero-order valence-corrected chi connectivity index (χ0v) is 10.6. The zero-order chi connectivity index (χ0) is 12.6. The molecule has 3 nitrogen and oxygen atoms in total. The van der Waals surface area contributed by atoms with Crippen molar-refractivity contribution in [3.05, 3.63) is 29.8 Å². The molecule has 18 heavy (non-hydrogen) atoms. The number of aliphatic hydroxyl groups is 1. The number of para-hydroxylation sites is 1. The van der Waals surface area contributed by atoms with Gasteiger partial charge in [0.25, 0.3) is 0 Å². The fourth-order valence-electron chi connectivity index (χ4n) is 3.50. The minimum Gasteiger partial charge on any atom is -0.490 e. The Hall–Kier alpha value is -1.06. The Morgan fingerprint density at radius 2 is 2.22 bits per heavy atom. The average Bonchev–Trinajstić information content (AvgIpc) is 2.94. The Kier molecular flexibility index (Phi) is 3.04. The molecule has 3 unspecified atom stereocenters. The molecule has 1 aliphatic carbocycles. The van der Waals surface area contributed by atoms with Crippen LogP contribution in [0.4, 0.5) is 0 Å². The summed E-state index contributed by atoms with van der Waals surface area (Å²) in [4.78, 5) is 0. The SMILES string of the molecule is NCC1(CC2Cc3ccccc3O2)CCCC1O. The largest absolute Gasteiger partial charge is 0.490 e. The van der Waals surface area contributed by atoms with E-state index >= 15 is 0 Å². The zero-order valence-electron chi connectivity index (χ0n) is 10.6. The summed E-state index contributed by atoms with van der Waals surface area (Å²) in [5.41, 5.74) is 7.09. The third-order valence-electron chi connectivity index (χ3n) is 4.61. The van der Waals surface area contributed by atoms with E-state index in [0.29, 0.717) is 6.54 Å². The van der Waals surface area contributed by atoms with Gasteiger partial charge in [0.15, 0.2) is 0 Å². The van der Waals surface area contributed by atoms with Gasteiger partial charge in [0.2, 0.25) is 0 Å². The minimum absolute atomic E-state index is 0.118. The molecule has 3 N–H and O–H groups in total. The number of benzene rings is 1. The molecule has 0 saturated heterocycles. The normalized spacial score (nSPS) is 34.3. The van der Waals surface area contributed by atoms with E-state index in [9.17, 15) is 5.11 Å². The van der Waals surface area contributed by atoms with Gasteiger partial charge in [0, 0.05) is 18.4 Å². The van der Waals surface area contributed by atoms with Crippen molar-refractivity contribution in [1.29, 1.82) is 0 Å². The molecule has 3 atom stereocenters. The first kappa shape index (κ1) is 12.0. The molecule has 0 radical (unpaired) electrons. The van der Waals surface area contributed by atoms with Gasteiger partial charge in [-0.2, -0.15) is 0 Å². The molecule has 1 heterocycles. The smallest absolute Gasteiger partial charge is 0.123 e. The number of hydrogen-bond donors (Lipinski definition) is 2. The Labute approximate surface area is 108 Å². The monoisotopic (exact) mass is 247 g/mol. The summed E-state index contributed by atoms with van der Waals surface area (Å²) in [6.07, 6.45) is 4.74. The number of aliphatic hydroxyl groups excluding tert-OH is 1. The molecule has 0 amide bonds. The van der Waals surface area contributed by atoms with Crippen molar-refractivity contribution >= 4 is 0 Å². The van der Waals surface area contributed by atoms with Crippen LogP contribution in [0.5, 0.6) is 5.75 Å². The first-order valence-corrected chi connectivity index (χ1v) is 6.86. The van der Waals surface area contributed by atoms with Crippen LogP contribution in [0.1, 0.15) is 31.2 Å². The lowest BCUT2D eigenvalue weighted by atomic mass is 9.78. The van der Waals surface area contributed by atoms with Gasteiger partial charge in [-0.3, -0.25) is 0 Å². The summed E-state index contributed by atoms with van der Waals surface area (Å²) in [7, 11) is 0. The molecule has 0 aromatic heterocycles. The highest BCUT2D eigenvalue weighted by Crippen LogP contribution is 2.44. The van der Waals surface area contributed by atoms with E-state index in [-0.39, 0.29) is 17.6 Å². The molecular weight excluding hydrogens is 226 g/mol. The predicted octanol–water partition coefficient (Wildman–Crippen LogP) is 1.87. The number of rotatable bonds is 3. The number of hydrogen-bond acceptors (Lipinski definition) is 3. The van der Waals surface area contributed by atoms with Gasteiger partial charge in [0.05, 0.1) is 6.10 Å². The molecule has 98 valence electrons. The Bertz CT molecular complexity index is 409. The lowest BCUT2D eigenvalue weighted by Gasteiger charge is -2.33. The van der Waals surface area contributed by atoms with Crippen LogP contribution in [0.15, 0.2) is 24.3 Å². The Morgan fingerprint density at radius 1 is 1.39 bits per heavy atom. The van der Waals surface area contributed by atoms with Crippen LogP contribution in [-0.2, 0) is 6.42 Å². The van der Waals surface area contributed by atoms with E-state index in [1.54, 1.807) is 0 Å². The number of nitrogens with two attached hydrogens (primary N) is 1. The summed E-state index contributed by atoms with van der Waals surface area (Å²) in [6.45, 7) is 0.560. The van der Waals surface area contributed by atoms with E-state index < -0.39 is 0 Å². The second kappa shape index (κ2) is 4.56. The van der Waals surface area contributed by atoms with Gasteiger partial charge in [-0.15, -0.1) is 0 Å². The van der Waals surface area contributed by atoms with E-state index in [2.05, 4.69) is 6.07 Å². The third kappa shape index (κ3) is 1.91. The van der Waals surface area contributed by atoms with Crippen molar-refractivity contribution in [1.82, 2.24) is 0 Å². The lowest BCUT2D eigenvalue weighted by molar-refractivity contribution is 0.0247. The first-order valence-electron chi connectivity index (χ1n) is 6.86. The molecular formula is C15H21NO2. The van der Waals surface area contributed by atoms with Crippen molar-refractivity contribution in [2.75, 3.05) is 6.54 Å². The van der Waals surface area contributed by atoms with Crippen molar-refractivity contribution in [3.8, 4) is 5.75 Å². The molecule has 2 aliphatic rings. The molecule has 1 aliphatic heterocycles. The number of fused-ring (bicyclic) bond motifs is 1. The standard InChI is InChI=1S/C15H21NO2/c16-10-15(7-3-6-14(15)17)9-12-8-11-4-1-2-5-13(11)18-12/h1-2,4-5,12,14,17H,3,6-10,16H2. The Morgan fingerprint density at radius 3 is 2.89 bits per heavy atom. The third-order valence-corrected chi connectivity index (χ3v) is 4.61. The lowest BCUT2D eigenvalue weighted by Crippen LogP contribution is -2.41. The maximum absolute atomic E-state index is 10.2. The van der Waals surface area contributed by atoms with Gasteiger partial charge < -0.3 is 15.6 Å². The molecule has 3 rings (SSSR count). The van der Waals surface area contributed by atoms with Crippen molar-refractivity contribution < 1.29 is 9.84 Å². The van der Waals surface area contributed by atoms with Gasteiger partial charge in [0.1, 0.15) is 11.9 Å². The Balaban J connectivity index is 1.72. The summed E-state index contributed by atoms with van der Waals surface area (Å²) in [6, 6.07) is 8.20. The highest BCUT2D eigenvalue weighted by atomic mass is 16.5. The fraction of sp³-hybridized carbons (Fsp3) is 0.600. The van der Waals surface area contributed by atoms with Gasteiger partial charge in [-0.25, -0.2) is 0 Å². The van der Waals surface area contributed by atoms with Crippen LogP contribution in [0.25, 0.3) is 0 Å². The van der Waals surface area contributed by atoms with Crippen LogP contribution in [0.2, 0.25) is 0 Å². The van der Waals surface area contributed by atoms with E-state index in [1.165, 1.54) is 5.56 Å². The second-order valence-electron chi connectivity index (χ2n) is 5.73. The molecule has 0 bridgehead atoms. The van der Waals surface area contributed by atoms with E-state index in [0.717, 1.165) is 37.9 Å². The van der Waals surface area contributed by atoms with Gasteiger partial charge in [-0.1, -0.05) is 24.6 Å². The number of ether oxygens (including phenoxy) is 1. The molecule has 1 aromatic carbocycles. The van der Waals surface area contributed by atoms with Crippen molar-refractivity contribution in [3.63, 3.8) is 0 Å². The van der Waals surface area contributed by atoms with Crippen molar-refractivity contribution in [2.24, 2.45) is 11.1 Å². The van der Waals surface area contributed by atoms with Crippen LogP contribution >= 0.6 is 0 Å². The van der Waals surface area contributed by atoms with Crippen LogP contribution in [0, 0.1) is 5.41 Å². The molecule has 1 saturated carbocycles. The molecule has 1 aromatic rings. The van der Waals surface area contributed by atoms with Gasteiger partial charge in [-0.05, 0) is 30.9 Å². The molecule has 1 fully saturated rings. The molecule has 0 spiro atoms. The summed E-state index contributed by atoms with van der Waals surface area (Å²) in [5, 5.41) is 10.2. The van der Waals surface area contributed by atoms with Crippen molar-refractivity contribution in [2.45, 2.75) is 44.3 Å². The summed E-state index contributed by atoms with van der Waals surface area (Å²) < 4.78 is 5.98. The first-order chi connectivity index (χ1) is 8.73. The minimum atomic E-state index is -0.255. The topological polar surface area (TPSA) is 55.5 Å². The molecule has 3 heteroatoms. The average molecular weight is 247 g/mol. The predicted molar refractivity (Wildman–Crippen MR) is 70.5 cm³/mol. The van der Waals surface area contributed by atoms with Crippen LogP contribution in [0.3, 0.4) is 0 Å². The second-order valence-corrected chi connectivity index (χ2v) is 5.73. The maximum atomic E-state index is 10.2.